The fraction of sp³-hybridized carbons (Fsp3) is 0.0833. The first-order valence-electron chi connectivity index (χ1n) is 4.78. The minimum absolute atomic E-state index is 0.238. The number of benzene rings is 1. The average molecular weight is 219 g/mol. The van der Waals surface area contributed by atoms with Gasteiger partial charge in [-0.25, -0.2) is 4.39 Å². The molecule has 1 heterocycles. The standard InChI is InChI=1S/C12H10FNO2/c1-14-12(15)11-7-6-10(16-11)8-2-4-9(13)5-3-8/h2-7H,1H3,(H,14,15). The molecule has 0 aliphatic carbocycles. The van der Waals surface area contributed by atoms with Crippen molar-refractivity contribution in [2.45, 2.75) is 0 Å². The minimum atomic E-state index is -0.304. The van der Waals surface area contributed by atoms with Crippen molar-refractivity contribution >= 4 is 5.91 Å². The number of hydrogen-bond donors (Lipinski definition) is 1. The predicted octanol–water partition coefficient (Wildman–Crippen LogP) is 2.45. The third kappa shape index (κ3) is 1.95. The summed E-state index contributed by atoms with van der Waals surface area (Å²) in [7, 11) is 1.53. The van der Waals surface area contributed by atoms with Crippen LogP contribution in [0.15, 0.2) is 40.8 Å². The maximum atomic E-state index is 12.7. The number of halogens is 1. The lowest BCUT2D eigenvalue weighted by atomic mass is 10.2. The van der Waals surface area contributed by atoms with Gasteiger partial charge in [-0.05, 0) is 36.4 Å². The van der Waals surface area contributed by atoms with E-state index >= 15 is 0 Å². The van der Waals surface area contributed by atoms with Crippen molar-refractivity contribution in [3.05, 3.63) is 48.0 Å². The van der Waals surface area contributed by atoms with Crippen LogP contribution in [0, 0.1) is 5.82 Å². The van der Waals surface area contributed by atoms with Crippen LogP contribution in [0.3, 0.4) is 0 Å². The molecule has 0 aliphatic heterocycles. The lowest BCUT2D eigenvalue weighted by Crippen LogP contribution is -2.16. The molecule has 0 spiro atoms. The van der Waals surface area contributed by atoms with Crippen molar-refractivity contribution in [1.82, 2.24) is 5.32 Å². The second kappa shape index (κ2) is 4.18. The van der Waals surface area contributed by atoms with Gasteiger partial charge in [0.15, 0.2) is 5.76 Å². The Labute approximate surface area is 91.9 Å². The number of nitrogens with one attached hydrogen (secondary N) is 1. The van der Waals surface area contributed by atoms with E-state index in [1.807, 2.05) is 0 Å². The molecule has 2 aromatic rings. The number of hydrogen-bond acceptors (Lipinski definition) is 2. The van der Waals surface area contributed by atoms with Crippen molar-refractivity contribution in [2.24, 2.45) is 0 Å². The van der Waals surface area contributed by atoms with Gasteiger partial charge in [-0.15, -0.1) is 0 Å². The van der Waals surface area contributed by atoms with E-state index < -0.39 is 0 Å². The van der Waals surface area contributed by atoms with E-state index in [1.54, 1.807) is 24.3 Å². The molecule has 4 heteroatoms. The molecular formula is C12H10FNO2. The predicted molar refractivity (Wildman–Crippen MR) is 57.5 cm³/mol. The van der Waals surface area contributed by atoms with Crippen LogP contribution >= 0.6 is 0 Å². The lowest BCUT2D eigenvalue weighted by molar-refractivity contribution is 0.0936. The molecule has 0 saturated heterocycles. The van der Waals surface area contributed by atoms with Crippen LogP contribution in [0.25, 0.3) is 11.3 Å². The molecule has 16 heavy (non-hydrogen) atoms. The monoisotopic (exact) mass is 219 g/mol. The Balaban J connectivity index is 2.31. The Bertz CT molecular complexity index is 502. The second-order valence-corrected chi connectivity index (χ2v) is 3.25. The van der Waals surface area contributed by atoms with Gasteiger partial charge in [-0.1, -0.05) is 0 Å². The minimum Gasteiger partial charge on any atom is -0.451 e. The molecule has 0 radical (unpaired) electrons. The Morgan fingerprint density at radius 1 is 1.19 bits per heavy atom. The van der Waals surface area contributed by atoms with Crippen molar-refractivity contribution in [2.75, 3.05) is 7.05 Å². The zero-order valence-corrected chi connectivity index (χ0v) is 8.66. The van der Waals surface area contributed by atoms with Gasteiger partial charge in [-0.3, -0.25) is 4.79 Å². The van der Waals surface area contributed by atoms with Gasteiger partial charge in [0.1, 0.15) is 11.6 Å². The quantitative estimate of drug-likeness (QED) is 0.842. The van der Waals surface area contributed by atoms with Crippen LogP contribution in [-0.2, 0) is 0 Å². The summed E-state index contributed by atoms with van der Waals surface area (Å²) in [5.74, 6) is 0.190. The van der Waals surface area contributed by atoms with Crippen LogP contribution in [0.2, 0.25) is 0 Å². The Morgan fingerprint density at radius 3 is 2.50 bits per heavy atom. The number of furan rings is 1. The molecule has 2 rings (SSSR count). The number of rotatable bonds is 2. The highest BCUT2D eigenvalue weighted by Gasteiger charge is 2.10. The summed E-state index contributed by atoms with van der Waals surface area (Å²) in [6.45, 7) is 0. The summed E-state index contributed by atoms with van der Waals surface area (Å²) in [5, 5.41) is 2.46. The zero-order chi connectivity index (χ0) is 11.5. The first-order chi connectivity index (χ1) is 7.70. The molecule has 1 aromatic carbocycles. The van der Waals surface area contributed by atoms with E-state index in [1.165, 1.54) is 19.2 Å². The van der Waals surface area contributed by atoms with Crippen LogP contribution in [-0.4, -0.2) is 13.0 Å². The first-order valence-corrected chi connectivity index (χ1v) is 4.78. The molecule has 3 nitrogen and oxygen atoms in total. The van der Waals surface area contributed by atoms with E-state index in [4.69, 9.17) is 4.42 Å². The number of carbonyl (C=O) groups is 1. The molecule has 0 saturated carbocycles. The molecule has 1 amide bonds. The van der Waals surface area contributed by atoms with Crippen molar-refractivity contribution in [3.8, 4) is 11.3 Å². The highest BCUT2D eigenvalue weighted by molar-refractivity contribution is 5.91. The highest BCUT2D eigenvalue weighted by Crippen LogP contribution is 2.22. The molecule has 1 N–H and O–H groups in total. The molecule has 1 aromatic heterocycles. The van der Waals surface area contributed by atoms with Crippen LogP contribution in [0.4, 0.5) is 4.39 Å². The smallest absolute Gasteiger partial charge is 0.286 e. The summed E-state index contributed by atoms with van der Waals surface area (Å²) in [5.41, 5.74) is 0.733. The Hall–Kier alpha value is -2.10. The van der Waals surface area contributed by atoms with E-state index in [0.717, 1.165) is 5.56 Å². The van der Waals surface area contributed by atoms with Gasteiger partial charge in [0.25, 0.3) is 5.91 Å². The molecule has 0 fully saturated rings. The normalized spacial score (nSPS) is 10.1. The Kier molecular flexibility index (Phi) is 2.72. The van der Waals surface area contributed by atoms with Gasteiger partial charge < -0.3 is 9.73 Å². The first kappa shape index (κ1) is 10.4. The van der Waals surface area contributed by atoms with Gasteiger partial charge >= 0.3 is 0 Å². The average Bonchev–Trinajstić information content (AvgIpc) is 2.78. The van der Waals surface area contributed by atoms with Gasteiger partial charge in [0, 0.05) is 12.6 Å². The van der Waals surface area contributed by atoms with Crippen molar-refractivity contribution in [1.29, 1.82) is 0 Å². The number of amides is 1. The van der Waals surface area contributed by atoms with Crippen molar-refractivity contribution < 1.29 is 13.6 Å². The maximum Gasteiger partial charge on any atom is 0.286 e. The van der Waals surface area contributed by atoms with Crippen LogP contribution < -0.4 is 5.32 Å². The second-order valence-electron chi connectivity index (χ2n) is 3.25. The van der Waals surface area contributed by atoms with Gasteiger partial charge in [0.2, 0.25) is 0 Å². The topological polar surface area (TPSA) is 42.2 Å². The molecule has 0 atom stereocenters. The Morgan fingerprint density at radius 2 is 1.88 bits per heavy atom. The summed E-state index contributed by atoms with van der Waals surface area (Å²) < 4.78 is 18.0. The van der Waals surface area contributed by atoms with Gasteiger partial charge in [0.05, 0.1) is 0 Å². The van der Waals surface area contributed by atoms with E-state index in [-0.39, 0.29) is 17.5 Å². The van der Waals surface area contributed by atoms with Gasteiger partial charge in [-0.2, -0.15) is 0 Å². The van der Waals surface area contributed by atoms with Crippen LogP contribution in [0.1, 0.15) is 10.6 Å². The summed E-state index contributed by atoms with van der Waals surface area (Å²) >= 11 is 0. The highest BCUT2D eigenvalue weighted by atomic mass is 19.1. The molecule has 82 valence electrons. The third-order valence-corrected chi connectivity index (χ3v) is 2.19. The summed E-state index contributed by atoms with van der Waals surface area (Å²) in [4.78, 5) is 11.2. The molecular weight excluding hydrogens is 209 g/mol. The third-order valence-electron chi connectivity index (χ3n) is 2.19. The fourth-order valence-corrected chi connectivity index (χ4v) is 1.35. The zero-order valence-electron chi connectivity index (χ0n) is 8.66. The lowest BCUT2D eigenvalue weighted by Gasteiger charge is -1.97. The van der Waals surface area contributed by atoms with E-state index in [9.17, 15) is 9.18 Å². The number of carbonyl (C=O) groups excluding carboxylic acids is 1. The fourth-order valence-electron chi connectivity index (χ4n) is 1.35. The van der Waals surface area contributed by atoms with Crippen LogP contribution in [0.5, 0.6) is 0 Å². The van der Waals surface area contributed by atoms with E-state index in [2.05, 4.69) is 5.32 Å². The molecule has 0 unspecified atom stereocenters. The van der Waals surface area contributed by atoms with Crippen molar-refractivity contribution in [3.63, 3.8) is 0 Å². The summed E-state index contributed by atoms with van der Waals surface area (Å²) in [6, 6.07) is 9.15. The molecule has 0 aliphatic rings. The van der Waals surface area contributed by atoms with E-state index in [0.29, 0.717) is 5.76 Å². The SMILES string of the molecule is CNC(=O)c1ccc(-c2ccc(F)cc2)o1. The largest absolute Gasteiger partial charge is 0.451 e. The summed E-state index contributed by atoms with van der Waals surface area (Å²) in [6.07, 6.45) is 0. The maximum absolute atomic E-state index is 12.7. The molecule has 0 bridgehead atoms.